The van der Waals surface area contributed by atoms with Crippen LogP contribution in [0.15, 0.2) is 12.3 Å². The van der Waals surface area contributed by atoms with Gasteiger partial charge < -0.3 is 26.2 Å². The van der Waals surface area contributed by atoms with Crippen molar-refractivity contribution < 1.29 is 14.6 Å². The molecule has 1 saturated heterocycles. The van der Waals surface area contributed by atoms with Crippen LogP contribution >= 0.6 is 11.3 Å². The molecule has 1 aliphatic heterocycles. The summed E-state index contributed by atoms with van der Waals surface area (Å²) in [5.41, 5.74) is 13.0. The van der Waals surface area contributed by atoms with Crippen molar-refractivity contribution in [3.8, 4) is 0 Å². The Balaban J connectivity index is 1.80. The number of anilines is 2. The van der Waals surface area contributed by atoms with Gasteiger partial charge in [-0.15, -0.1) is 11.3 Å². The second kappa shape index (κ2) is 7.99. The number of aromatic nitrogens is 1. The predicted octanol–water partition coefficient (Wildman–Crippen LogP) is 1.59. The standard InChI is InChI=1S/C17H24N4O3S/c18-14-13-12(4-5-20-17(13)25-15(14)16(19)23)21-6-1-3-11(9-21)10-24-8-2-7-22/h4-5,11,22H,1-3,6-10,18H2,(H2,19,23). The zero-order valence-corrected chi connectivity index (χ0v) is 14.9. The number of primary amides is 1. The summed E-state index contributed by atoms with van der Waals surface area (Å²) in [7, 11) is 0. The molecule has 1 unspecified atom stereocenters. The molecule has 1 aliphatic rings. The van der Waals surface area contributed by atoms with Crippen LogP contribution in [0.5, 0.6) is 0 Å². The average Bonchev–Trinajstić information content (AvgIpc) is 2.96. The van der Waals surface area contributed by atoms with Crippen LogP contribution in [-0.2, 0) is 4.74 Å². The Labute approximate surface area is 150 Å². The summed E-state index contributed by atoms with van der Waals surface area (Å²) in [6, 6.07) is 1.95. The summed E-state index contributed by atoms with van der Waals surface area (Å²) < 4.78 is 5.66. The second-order valence-corrected chi connectivity index (χ2v) is 7.32. The fourth-order valence-corrected chi connectivity index (χ4v) is 4.25. The zero-order valence-electron chi connectivity index (χ0n) is 14.1. The molecule has 136 valence electrons. The maximum absolute atomic E-state index is 11.6. The highest BCUT2D eigenvalue weighted by Gasteiger charge is 2.24. The predicted molar refractivity (Wildman–Crippen MR) is 100 cm³/mol. The number of carbonyl (C=O) groups excluding carboxylic acids is 1. The van der Waals surface area contributed by atoms with E-state index in [0.29, 0.717) is 36.1 Å². The van der Waals surface area contributed by atoms with Crippen molar-refractivity contribution in [2.24, 2.45) is 11.7 Å². The van der Waals surface area contributed by atoms with E-state index < -0.39 is 5.91 Å². The lowest BCUT2D eigenvalue weighted by Crippen LogP contribution is -2.37. The number of hydrogen-bond acceptors (Lipinski definition) is 7. The third-order valence-electron chi connectivity index (χ3n) is 4.49. The van der Waals surface area contributed by atoms with E-state index in [9.17, 15) is 4.79 Å². The minimum Gasteiger partial charge on any atom is -0.397 e. The van der Waals surface area contributed by atoms with Crippen molar-refractivity contribution in [3.05, 3.63) is 17.1 Å². The number of fused-ring (bicyclic) bond motifs is 1. The molecule has 3 rings (SSSR count). The molecule has 1 atom stereocenters. The third-order valence-corrected chi connectivity index (χ3v) is 5.62. The lowest BCUT2D eigenvalue weighted by molar-refractivity contribution is 0.0818. The molecular formula is C17H24N4O3S. The highest BCUT2D eigenvalue weighted by Crippen LogP contribution is 2.39. The van der Waals surface area contributed by atoms with Gasteiger partial charge in [-0.25, -0.2) is 4.98 Å². The van der Waals surface area contributed by atoms with E-state index in [1.807, 2.05) is 6.07 Å². The molecule has 1 fully saturated rings. The van der Waals surface area contributed by atoms with Gasteiger partial charge in [-0.3, -0.25) is 4.79 Å². The molecule has 0 bridgehead atoms. The lowest BCUT2D eigenvalue weighted by Gasteiger charge is -2.34. The van der Waals surface area contributed by atoms with Crippen molar-refractivity contribution in [2.75, 3.05) is 43.5 Å². The number of piperidine rings is 1. The number of aliphatic hydroxyl groups is 1. The van der Waals surface area contributed by atoms with Crippen LogP contribution in [0.1, 0.15) is 28.9 Å². The molecule has 7 nitrogen and oxygen atoms in total. The monoisotopic (exact) mass is 364 g/mol. The molecule has 0 radical (unpaired) electrons. The molecular weight excluding hydrogens is 340 g/mol. The minimum absolute atomic E-state index is 0.158. The van der Waals surface area contributed by atoms with Gasteiger partial charge in [0.15, 0.2) is 0 Å². The van der Waals surface area contributed by atoms with Gasteiger partial charge in [-0.05, 0) is 31.2 Å². The normalized spacial score (nSPS) is 18.0. The first-order valence-corrected chi connectivity index (χ1v) is 9.33. The Bertz CT molecular complexity index is 749. The molecule has 2 aromatic heterocycles. The number of thiophene rings is 1. The van der Waals surface area contributed by atoms with Crippen LogP contribution in [0.4, 0.5) is 11.4 Å². The minimum atomic E-state index is -0.514. The maximum atomic E-state index is 11.6. The van der Waals surface area contributed by atoms with E-state index in [1.54, 1.807) is 6.20 Å². The summed E-state index contributed by atoms with van der Waals surface area (Å²) in [6.07, 6.45) is 4.61. The van der Waals surface area contributed by atoms with Gasteiger partial charge in [0.2, 0.25) is 0 Å². The van der Waals surface area contributed by atoms with Crippen LogP contribution in [0.2, 0.25) is 0 Å². The van der Waals surface area contributed by atoms with Crippen molar-refractivity contribution in [2.45, 2.75) is 19.3 Å². The molecule has 25 heavy (non-hydrogen) atoms. The van der Waals surface area contributed by atoms with Gasteiger partial charge in [0.25, 0.3) is 5.91 Å². The first-order chi connectivity index (χ1) is 12.1. The van der Waals surface area contributed by atoms with E-state index in [4.69, 9.17) is 21.3 Å². The molecule has 2 aromatic rings. The quantitative estimate of drug-likeness (QED) is 0.643. The highest BCUT2D eigenvalue weighted by atomic mass is 32.1. The Hall–Kier alpha value is -1.90. The molecule has 0 aliphatic carbocycles. The molecule has 1 amide bonds. The van der Waals surface area contributed by atoms with Gasteiger partial charge in [0.05, 0.1) is 23.4 Å². The second-order valence-electron chi connectivity index (χ2n) is 6.33. The van der Waals surface area contributed by atoms with Crippen molar-refractivity contribution in [1.82, 2.24) is 4.98 Å². The van der Waals surface area contributed by atoms with Gasteiger partial charge in [0, 0.05) is 32.5 Å². The molecule has 8 heteroatoms. The number of nitrogen functional groups attached to an aromatic ring is 1. The Morgan fingerprint density at radius 2 is 2.36 bits per heavy atom. The van der Waals surface area contributed by atoms with Crippen LogP contribution in [0.25, 0.3) is 10.2 Å². The molecule has 3 heterocycles. The van der Waals surface area contributed by atoms with E-state index in [2.05, 4.69) is 9.88 Å². The highest BCUT2D eigenvalue weighted by molar-refractivity contribution is 7.21. The van der Waals surface area contributed by atoms with Crippen molar-refractivity contribution in [1.29, 1.82) is 0 Å². The number of carbonyl (C=O) groups is 1. The van der Waals surface area contributed by atoms with Gasteiger partial charge in [-0.1, -0.05) is 0 Å². The summed E-state index contributed by atoms with van der Waals surface area (Å²) in [5, 5.41) is 9.65. The molecule has 0 saturated carbocycles. The number of nitrogens with zero attached hydrogens (tertiary/aromatic N) is 2. The molecule has 0 aromatic carbocycles. The number of rotatable bonds is 7. The summed E-state index contributed by atoms with van der Waals surface area (Å²) in [4.78, 5) is 19.3. The summed E-state index contributed by atoms with van der Waals surface area (Å²) >= 11 is 1.24. The SMILES string of the molecule is NC(=O)c1sc2nccc(N3CCCC(COCCCO)C3)c2c1N. The van der Waals surface area contributed by atoms with Crippen LogP contribution in [-0.4, -0.2) is 48.9 Å². The summed E-state index contributed by atoms with van der Waals surface area (Å²) in [5.74, 6) is -0.0774. The zero-order chi connectivity index (χ0) is 17.8. The van der Waals surface area contributed by atoms with E-state index in [1.165, 1.54) is 11.3 Å². The van der Waals surface area contributed by atoms with Gasteiger partial charge in [0.1, 0.15) is 9.71 Å². The smallest absolute Gasteiger partial charge is 0.260 e. The number of hydrogen-bond donors (Lipinski definition) is 3. The van der Waals surface area contributed by atoms with Crippen LogP contribution in [0, 0.1) is 5.92 Å². The Kier molecular flexibility index (Phi) is 5.72. The van der Waals surface area contributed by atoms with Crippen molar-refractivity contribution >= 4 is 38.8 Å². The average molecular weight is 364 g/mol. The fourth-order valence-electron chi connectivity index (χ4n) is 3.31. The number of amides is 1. The van der Waals surface area contributed by atoms with Gasteiger partial charge >= 0.3 is 0 Å². The molecule has 0 spiro atoms. The Morgan fingerprint density at radius 1 is 1.52 bits per heavy atom. The number of nitrogens with two attached hydrogens (primary N) is 2. The number of ether oxygens (including phenoxy) is 1. The lowest BCUT2D eigenvalue weighted by atomic mass is 9.98. The van der Waals surface area contributed by atoms with Crippen molar-refractivity contribution in [3.63, 3.8) is 0 Å². The maximum Gasteiger partial charge on any atom is 0.260 e. The third kappa shape index (κ3) is 3.86. The van der Waals surface area contributed by atoms with E-state index >= 15 is 0 Å². The number of pyridine rings is 1. The first kappa shape index (κ1) is 17.9. The van der Waals surface area contributed by atoms with E-state index in [0.717, 1.165) is 41.8 Å². The molecule has 5 N–H and O–H groups in total. The van der Waals surface area contributed by atoms with Crippen LogP contribution < -0.4 is 16.4 Å². The Morgan fingerprint density at radius 3 is 3.12 bits per heavy atom. The van der Waals surface area contributed by atoms with Crippen LogP contribution in [0.3, 0.4) is 0 Å². The van der Waals surface area contributed by atoms with Gasteiger partial charge in [-0.2, -0.15) is 0 Å². The summed E-state index contributed by atoms with van der Waals surface area (Å²) in [6.45, 7) is 3.25. The topological polar surface area (TPSA) is 115 Å². The fraction of sp³-hybridized carbons (Fsp3) is 0.529. The number of aliphatic hydroxyl groups excluding tert-OH is 1. The van der Waals surface area contributed by atoms with E-state index in [-0.39, 0.29) is 6.61 Å². The first-order valence-electron chi connectivity index (χ1n) is 8.52. The largest absolute Gasteiger partial charge is 0.397 e.